The molecule has 31 heavy (non-hydrogen) atoms. The van der Waals surface area contributed by atoms with E-state index in [2.05, 4.69) is 46.9 Å². The number of piperidine rings is 1. The lowest BCUT2D eigenvalue weighted by molar-refractivity contribution is 0.0942. The number of likely N-dealkylation sites (tertiary alicyclic amines) is 1. The Kier molecular flexibility index (Phi) is 5.67. The number of carbonyl (C=O) groups is 1. The second kappa shape index (κ2) is 8.60. The molecule has 1 atom stereocenters. The number of hydrogen-bond acceptors (Lipinski definition) is 4. The lowest BCUT2D eigenvalue weighted by Crippen LogP contribution is -2.42. The first kappa shape index (κ1) is 20.5. The van der Waals surface area contributed by atoms with Crippen LogP contribution in [0, 0.1) is 6.92 Å². The molecular weight excluding hydrogens is 404 g/mol. The van der Waals surface area contributed by atoms with Crippen molar-refractivity contribution in [2.75, 3.05) is 19.6 Å². The third-order valence-electron chi connectivity index (χ3n) is 6.67. The standard InChI is InChI=1S/C25H30N4OS/c1-17-8-6-7-14-28(17)15-13-26-25(30)22-16-19-11-12-21-23(24(19)31-22)18(2)27-29(21)20-9-4-3-5-10-20/h3-5,9-10,16-17H,6-8,11-15H2,1-2H3,(H,26,30). The first-order chi connectivity index (χ1) is 15.1. The van der Waals surface area contributed by atoms with Crippen LogP contribution >= 0.6 is 11.3 Å². The topological polar surface area (TPSA) is 50.2 Å². The van der Waals surface area contributed by atoms with E-state index in [-0.39, 0.29) is 5.91 Å². The quantitative estimate of drug-likeness (QED) is 0.638. The van der Waals surface area contributed by atoms with E-state index in [0.29, 0.717) is 12.6 Å². The van der Waals surface area contributed by atoms with Gasteiger partial charge in [0.05, 0.1) is 22.0 Å². The largest absolute Gasteiger partial charge is 0.350 e. The average Bonchev–Trinajstić information content (AvgIpc) is 3.37. The summed E-state index contributed by atoms with van der Waals surface area (Å²) < 4.78 is 2.08. The monoisotopic (exact) mass is 434 g/mol. The first-order valence-corrected chi connectivity index (χ1v) is 12.2. The lowest BCUT2D eigenvalue weighted by Gasteiger charge is -2.33. The van der Waals surface area contributed by atoms with Crippen LogP contribution in [0.2, 0.25) is 0 Å². The molecule has 1 unspecified atom stereocenters. The van der Waals surface area contributed by atoms with Gasteiger partial charge in [0.1, 0.15) is 0 Å². The second-order valence-corrected chi connectivity index (χ2v) is 9.81. The Morgan fingerprint density at radius 2 is 2.06 bits per heavy atom. The number of nitrogens with zero attached hydrogens (tertiary/aromatic N) is 3. The molecule has 1 aliphatic heterocycles. The number of aromatic nitrogens is 2. The molecule has 3 heterocycles. The van der Waals surface area contributed by atoms with Gasteiger partial charge in [-0.25, -0.2) is 4.68 Å². The number of aryl methyl sites for hydroxylation is 2. The highest BCUT2D eigenvalue weighted by Gasteiger charge is 2.27. The van der Waals surface area contributed by atoms with Gasteiger partial charge in [0.25, 0.3) is 5.91 Å². The minimum absolute atomic E-state index is 0.0544. The molecule has 0 saturated carbocycles. The van der Waals surface area contributed by atoms with Crippen LogP contribution in [0.3, 0.4) is 0 Å². The van der Waals surface area contributed by atoms with E-state index in [4.69, 9.17) is 5.10 Å². The van der Waals surface area contributed by atoms with Crippen molar-refractivity contribution in [2.45, 2.75) is 52.0 Å². The van der Waals surface area contributed by atoms with Crippen molar-refractivity contribution in [2.24, 2.45) is 0 Å². The molecule has 1 N–H and O–H groups in total. The average molecular weight is 435 g/mol. The van der Waals surface area contributed by atoms with Crippen LogP contribution < -0.4 is 5.32 Å². The highest BCUT2D eigenvalue weighted by Crippen LogP contribution is 2.42. The van der Waals surface area contributed by atoms with Crippen LogP contribution in [-0.4, -0.2) is 46.3 Å². The Balaban J connectivity index is 1.33. The molecule has 1 saturated heterocycles. The molecule has 0 spiro atoms. The van der Waals surface area contributed by atoms with Gasteiger partial charge in [-0.15, -0.1) is 11.3 Å². The number of rotatable bonds is 5. The highest BCUT2D eigenvalue weighted by molar-refractivity contribution is 7.17. The van der Waals surface area contributed by atoms with E-state index in [9.17, 15) is 4.79 Å². The first-order valence-electron chi connectivity index (χ1n) is 11.4. The van der Waals surface area contributed by atoms with Crippen molar-refractivity contribution < 1.29 is 4.79 Å². The van der Waals surface area contributed by atoms with Crippen LogP contribution in [0.5, 0.6) is 0 Å². The van der Waals surface area contributed by atoms with Crippen molar-refractivity contribution in [3.63, 3.8) is 0 Å². The second-order valence-electron chi connectivity index (χ2n) is 8.76. The predicted molar refractivity (Wildman–Crippen MR) is 126 cm³/mol. The number of nitrogens with one attached hydrogen (secondary N) is 1. The molecule has 5 rings (SSSR count). The summed E-state index contributed by atoms with van der Waals surface area (Å²) in [5.74, 6) is 0.0544. The van der Waals surface area contributed by atoms with Crippen molar-refractivity contribution in [1.29, 1.82) is 0 Å². The zero-order valence-corrected chi connectivity index (χ0v) is 19.2. The third-order valence-corrected chi connectivity index (χ3v) is 7.87. The van der Waals surface area contributed by atoms with Crippen LogP contribution in [0.4, 0.5) is 0 Å². The molecule has 3 aromatic rings. The third kappa shape index (κ3) is 3.94. The zero-order valence-electron chi connectivity index (χ0n) is 18.4. The van der Waals surface area contributed by atoms with Gasteiger partial charge < -0.3 is 5.32 Å². The SMILES string of the molecule is Cc1nn(-c2ccccc2)c2c1-c1sc(C(=O)NCCN3CCCCC3C)cc1CC2. The number of thiophene rings is 1. The maximum atomic E-state index is 12.9. The molecule has 5 nitrogen and oxygen atoms in total. The molecule has 162 valence electrons. The maximum Gasteiger partial charge on any atom is 0.261 e. The van der Waals surface area contributed by atoms with Crippen molar-refractivity contribution in [1.82, 2.24) is 20.0 Å². The molecule has 1 amide bonds. The van der Waals surface area contributed by atoms with E-state index < -0.39 is 0 Å². The smallest absolute Gasteiger partial charge is 0.261 e. The van der Waals surface area contributed by atoms with E-state index in [1.807, 2.05) is 18.2 Å². The Bertz CT molecular complexity index is 1080. The van der Waals surface area contributed by atoms with Crippen LogP contribution in [0.15, 0.2) is 36.4 Å². The zero-order chi connectivity index (χ0) is 21.4. The van der Waals surface area contributed by atoms with Gasteiger partial charge in [0.2, 0.25) is 0 Å². The molecule has 0 bridgehead atoms. The number of para-hydroxylation sites is 1. The lowest BCUT2D eigenvalue weighted by atomic mass is 9.95. The Hall–Kier alpha value is -2.44. The molecule has 1 fully saturated rings. The van der Waals surface area contributed by atoms with Crippen molar-refractivity contribution in [3.8, 4) is 16.1 Å². The van der Waals surface area contributed by atoms with Gasteiger partial charge in [-0.3, -0.25) is 9.69 Å². The Morgan fingerprint density at radius 1 is 1.23 bits per heavy atom. The fraction of sp³-hybridized carbons (Fsp3) is 0.440. The van der Waals surface area contributed by atoms with Crippen LogP contribution in [0.1, 0.15) is 52.8 Å². The fourth-order valence-electron chi connectivity index (χ4n) is 4.97. The van der Waals surface area contributed by atoms with Gasteiger partial charge in [-0.1, -0.05) is 24.6 Å². The summed E-state index contributed by atoms with van der Waals surface area (Å²) in [6, 6.07) is 13.0. The molecule has 2 aliphatic rings. The summed E-state index contributed by atoms with van der Waals surface area (Å²) in [4.78, 5) is 17.4. The van der Waals surface area contributed by atoms with Gasteiger partial charge in [0, 0.05) is 29.6 Å². The number of fused-ring (bicyclic) bond motifs is 3. The van der Waals surface area contributed by atoms with Gasteiger partial charge in [-0.05, 0) is 69.8 Å². The summed E-state index contributed by atoms with van der Waals surface area (Å²) in [6.07, 6.45) is 5.77. The molecular formula is C25H30N4OS. The summed E-state index contributed by atoms with van der Waals surface area (Å²) in [5.41, 5.74) is 5.88. The highest BCUT2D eigenvalue weighted by atomic mass is 32.1. The summed E-state index contributed by atoms with van der Waals surface area (Å²) in [7, 11) is 0. The number of amides is 1. The normalized spacial score (nSPS) is 18.5. The summed E-state index contributed by atoms with van der Waals surface area (Å²) in [6.45, 7) is 7.17. The minimum Gasteiger partial charge on any atom is -0.350 e. The Morgan fingerprint density at radius 3 is 2.87 bits per heavy atom. The molecule has 1 aliphatic carbocycles. The Labute approximate surface area is 188 Å². The van der Waals surface area contributed by atoms with Crippen molar-refractivity contribution in [3.05, 3.63) is 58.2 Å². The van der Waals surface area contributed by atoms with Gasteiger partial charge in [0.15, 0.2) is 0 Å². The van der Waals surface area contributed by atoms with E-state index in [0.717, 1.165) is 42.2 Å². The molecule has 1 aromatic carbocycles. The molecule has 2 aromatic heterocycles. The van der Waals surface area contributed by atoms with Gasteiger partial charge in [-0.2, -0.15) is 5.10 Å². The number of carbonyl (C=O) groups excluding carboxylic acids is 1. The number of benzene rings is 1. The molecule has 6 heteroatoms. The minimum atomic E-state index is 0.0544. The predicted octanol–water partition coefficient (Wildman–Crippen LogP) is 4.61. The summed E-state index contributed by atoms with van der Waals surface area (Å²) >= 11 is 1.62. The van der Waals surface area contributed by atoms with E-state index in [1.54, 1.807) is 11.3 Å². The number of hydrogen-bond donors (Lipinski definition) is 1. The van der Waals surface area contributed by atoms with Crippen molar-refractivity contribution >= 4 is 17.2 Å². The van der Waals surface area contributed by atoms with E-state index >= 15 is 0 Å². The summed E-state index contributed by atoms with van der Waals surface area (Å²) in [5, 5.41) is 8.00. The maximum absolute atomic E-state index is 12.9. The van der Waals surface area contributed by atoms with Crippen LogP contribution in [0.25, 0.3) is 16.1 Å². The van der Waals surface area contributed by atoms with Crippen LogP contribution in [-0.2, 0) is 12.8 Å². The van der Waals surface area contributed by atoms with E-state index in [1.165, 1.54) is 41.0 Å². The fourth-order valence-corrected chi connectivity index (χ4v) is 6.21. The van der Waals surface area contributed by atoms with Gasteiger partial charge >= 0.3 is 0 Å². The molecule has 0 radical (unpaired) electrons.